The van der Waals surface area contributed by atoms with E-state index in [0.29, 0.717) is 23.1 Å². The van der Waals surface area contributed by atoms with Gasteiger partial charge in [0.05, 0.1) is 11.4 Å². The molecule has 0 aliphatic rings. The van der Waals surface area contributed by atoms with E-state index in [0.717, 1.165) is 11.8 Å². The van der Waals surface area contributed by atoms with E-state index in [1.54, 1.807) is 6.92 Å². The molecule has 0 spiro atoms. The van der Waals surface area contributed by atoms with Gasteiger partial charge in [0.25, 0.3) is 0 Å². The summed E-state index contributed by atoms with van der Waals surface area (Å²) in [5.41, 5.74) is 0.498. The van der Waals surface area contributed by atoms with Gasteiger partial charge in [-0.2, -0.15) is 0 Å². The molecule has 110 valence electrons. The Labute approximate surface area is 122 Å². The molecule has 1 rings (SSSR count). The molecule has 0 saturated heterocycles. The topological polar surface area (TPSA) is 92.2 Å². The average Bonchev–Trinajstić information content (AvgIpc) is 2.35. The molecule has 0 aromatic carbocycles. The minimum absolute atomic E-state index is 0.0729. The summed E-state index contributed by atoms with van der Waals surface area (Å²) in [4.78, 5) is 31.3. The first-order valence-corrected chi connectivity index (χ1v) is 7.36. The Bertz CT molecular complexity index is 518. The normalized spacial score (nSPS) is 10.7. The average molecular weight is 297 g/mol. The summed E-state index contributed by atoms with van der Waals surface area (Å²) in [5.74, 6) is -0.388. The minimum atomic E-state index is -1.07. The van der Waals surface area contributed by atoms with Gasteiger partial charge < -0.3 is 10.4 Å². The van der Waals surface area contributed by atoms with Gasteiger partial charge in [0.1, 0.15) is 16.4 Å². The predicted octanol–water partition coefficient (Wildman–Crippen LogP) is 1.83. The molecule has 6 nitrogen and oxygen atoms in total. The molecule has 0 radical (unpaired) electrons. The molecule has 1 aromatic rings. The van der Waals surface area contributed by atoms with Gasteiger partial charge in [0.15, 0.2) is 0 Å². The minimum Gasteiger partial charge on any atom is -0.478 e. The standard InChI is InChI=1S/C13H19N3O3S/c1-5-14-9(17)6-20-12-10(13(18)19)8(4)15-11(16-12)7(2)3/h7H,5-6H2,1-4H3,(H,14,17)(H,18,19). The third-order valence-corrected chi connectivity index (χ3v) is 3.49. The molecule has 20 heavy (non-hydrogen) atoms. The van der Waals surface area contributed by atoms with Crippen molar-refractivity contribution in [1.82, 2.24) is 15.3 Å². The number of carboxylic acid groups (broad SMARTS) is 1. The highest BCUT2D eigenvalue weighted by Crippen LogP contribution is 2.24. The van der Waals surface area contributed by atoms with Gasteiger partial charge in [-0.1, -0.05) is 25.6 Å². The van der Waals surface area contributed by atoms with Gasteiger partial charge >= 0.3 is 5.97 Å². The number of nitrogens with one attached hydrogen (secondary N) is 1. The van der Waals surface area contributed by atoms with Crippen molar-refractivity contribution >= 4 is 23.6 Å². The highest BCUT2D eigenvalue weighted by atomic mass is 32.2. The van der Waals surface area contributed by atoms with Crippen LogP contribution in [0.2, 0.25) is 0 Å². The number of nitrogens with zero attached hydrogens (tertiary/aromatic N) is 2. The van der Waals surface area contributed by atoms with Gasteiger partial charge in [-0.25, -0.2) is 14.8 Å². The van der Waals surface area contributed by atoms with Gasteiger partial charge in [-0.15, -0.1) is 0 Å². The van der Waals surface area contributed by atoms with E-state index in [-0.39, 0.29) is 23.1 Å². The van der Waals surface area contributed by atoms with E-state index in [2.05, 4.69) is 15.3 Å². The van der Waals surface area contributed by atoms with E-state index in [4.69, 9.17) is 0 Å². The van der Waals surface area contributed by atoms with Crippen molar-refractivity contribution in [3.05, 3.63) is 17.1 Å². The number of amides is 1. The quantitative estimate of drug-likeness (QED) is 0.615. The SMILES string of the molecule is CCNC(=O)CSc1nc(C(C)C)nc(C)c1C(=O)O. The summed E-state index contributed by atoms with van der Waals surface area (Å²) in [5, 5.41) is 12.3. The maximum absolute atomic E-state index is 11.5. The lowest BCUT2D eigenvalue weighted by molar-refractivity contribution is -0.118. The Hall–Kier alpha value is -1.63. The maximum atomic E-state index is 11.5. The maximum Gasteiger partial charge on any atom is 0.340 e. The molecule has 0 bridgehead atoms. The number of rotatable bonds is 6. The van der Waals surface area contributed by atoms with E-state index in [1.165, 1.54) is 0 Å². The molecule has 0 atom stereocenters. The Morgan fingerprint density at radius 2 is 2.00 bits per heavy atom. The second-order valence-electron chi connectivity index (χ2n) is 4.55. The summed E-state index contributed by atoms with van der Waals surface area (Å²) in [6, 6.07) is 0. The first-order chi connectivity index (χ1) is 9.36. The fourth-order valence-corrected chi connectivity index (χ4v) is 2.47. The Morgan fingerprint density at radius 3 is 2.50 bits per heavy atom. The van der Waals surface area contributed by atoms with E-state index in [1.807, 2.05) is 20.8 Å². The predicted molar refractivity (Wildman–Crippen MR) is 77.2 cm³/mol. The summed E-state index contributed by atoms with van der Waals surface area (Å²) in [6.45, 7) is 7.90. The zero-order valence-electron chi connectivity index (χ0n) is 12.1. The number of aromatic nitrogens is 2. The molecule has 2 N–H and O–H groups in total. The Balaban J connectivity index is 3.07. The zero-order valence-corrected chi connectivity index (χ0v) is 12.9. The van der Waals surface area contributed by atoms with Crippen LogP contribution in [0.4, 0.5) is 0 Å². The van der Waals surface area contributed by atoms with Crippen molar-refractivity contribution in [3.63, 3.8) is 0 Å². The molecular weight excluding hydrogens is 278 g/mol. The number of hydrogen-bond acceptors (Lipinski definition) is 5. The van der Waals surface area contributed by atoms with Gasteiger partial charge in [0, 0.05) is 12.5 Å². The van der Waals surface area contributed by atoms with Gasteiger partial charge in [0.2, 0.25) is 5.91 Å². The number of carbonyl (C=O) groups excluding carboxylic acids is 1. The number of carbonyl (C=O) groups is 2. The van der Waals surface area contributed by atoms with Crippen LogP contribution in [0.1, 0.15) is 48.6 Å². The van der Waals surface area contributed by atoms with E-state index in [9.17, 15) is 14.7 Å². The molecule has 1 amide bonds. The molecule has 7 heteroatoms. The largest absolute Gasteiger partial charge is 0.478 e. The van der Waals surface area contributed by atoms with Crippen molar-refractivity contribution in [3.8, 4) is 0 Å². The number of carboxylic acids is 1. The summed E-state index contributed by atoms with van der Waals surface area (Å²) in [6.07, 6.45) is 0. The molecule has 1 aromatic heterocycles. The van der Waals surface area contributed by atoms with Gasteiger partial charge in [-0.05, 0) is 13.8 Å². The molecular formula is C13H19N3O3S. The summed E-state index contributed by atoms with van der Waals surface area (Å²) < 4.78 is 0. The third kappa shape index (κ3) is 4.19. The lowest BCUT2D eigenvalue weighted by Gasteiger charge is -2.11. The number of hydrogen-bond donors (Lipinski definition) is 2. The highest BCUT2D eigenvalue weighted by molar-refractivity contribution is 8.00. The van der Waals surface area contributed by atoms with Crippen LogP contribution in [0, 0.1) is 6.92 Å². The fourth-order valence-electron chi connectivity index (χ4n) is 1.56. The number of aromatic carboxylic acids is 1. The first-order valence-electron chi connectivity index (χ1n) is 6.38. The van der Waals surface area contributed by atoms with E-state index < -0.39 is 5.97 Å². The third-order valence-electron chi connectivity index (χ3n) is 2.52. The molecule has 0 saturated carbocycles. The summed E-state index contributed by atoms with van der Waals surface area (Å²) in [7, 11) is 0. The lowest BCUT2D eigenvalue weighted by atomic mass is 10.2. The van der Waals surface area contributed by atoms with Crippen molar-refractivity contribution in [2.24, 2.45) is 0 Å². The monoisotopic (exact) mass is 297 g/mol. The molecule has 0 aliphatic carbocycles. The molecule has 0 fully saturated rings. The zero-order chi connectivity index (χ0) is 15.3. The van der Waals surface area contributed by atoms with Crippen molar-refractivity contribution < 1.29 is 14.7 Å². The van der Waals surface area contributed by atoms with Crippen LogP contribution in [0.5, 0.6) is 0 Å². The first kappa shape index (κ1) is 16.4. The van der Waals surface area contributed by atoms with Crippen LogP contribution in [0.3, 0.4) is 0 Å². The van der Waals surface area contributed by atoms with Crippen LogP contribution in [-0.4, -0.2) is 39.2 Å². The van der Waals surface area contributed by atoms with Crippen molar-refractivity contribution in [1.29, 1.82) is 0 Å². The Morgan fingerprint density at radius 1 is 1.35 bits per heavy atom. The highest BCUT2D eigenvalue weighted by Gasteiger charge is 2.20. The van der Waals surface area contributed by atoms with Crippen LogP contribution in [0.15, 0.2) is 5.03 Å². The van der Waals surface area contributed by atoms with Crippen LogP contribution < -0.4 is 5.32 Å². The fraction of sp³-hybridized carbons (Fsp3) is 0.538. The van der Waals surface area contributed by atoms with Crippen molar-refractivity contribution in [2.45, 2.75) is 38.6 Å². The Kier molecular flexibility index (Phi) is 5.94. The second kappa shape index (κ2) is 7.23. The number of thioether (sulfide) groups is 1. The molecule has 0 aliphatic heterocycles. The summed E-state index contributed by atoms with van der Waals surface area (Å²) >= 11 is 1.13. The van der Waals surface area contributed by atoms with Crippen LogP contribution in [0.25, 0.3) is 0 Å². The second-order valence-corrected chi connectivity index (χ2v) is 5.51. The lowest BCUT2D eigenvalue weighted by Crippen LogP contribution is -2.24. The smallest absolute Gasteiger partial charge is 0.340 e. The van der Waals surface area contributed by atoms with E-state index >= 15 is 0 Å². The van der Waals surface area contributed by atoms with Crippen LogP contribution in [-0.2, 0) is 4.79 Å². The number of aryl methyl sites for hydroxylation is 1. The molecule has 1 heterocycles. The van der Waals surface area contributed by atoms with Gasteiger partial charge in [-0.3, -0.25) is 4.79 Å². The molecule has 0 unspecified atom stereocenters. The van der Waals surface area contributed by atoms with Crippen LogP contribution >= 0.6 is 11.8 Å². The van der Waals surface area contributed by atoms with Crippen molar-refractivity contribution in [2.75, 3.05) is 12.3 Å².